The summed E-state index contributed by atoms with van der Waals surface area (Å²) in [4.78, 5) is 98.1. The summed E-state index contributed by atoms with van der Waals surface area (Å²) in [5.74, 6) is -2.49. The van der Waals surface area contributed by atoms with E-state index in [4.69, 9.17) is 24.6 Å². The number of carboxylic acids is 1. The van der Waals surface area contributed by atoms with E-state index in [0.717, 1.165) is 29.0 Å². The average molecular weight is 894 g/mol. The van der Waals surface area contributed by atoms with Crippen LogP contribution in [-0.2, 0) is 55.5 Å². The van der Waals surface area contributed by atoms with Crippen LogP contribution in [0.1, 0.15) is 39.8 Å². The summed E-state index contributed by atoms with van der Waals surface area (Å²) in [5.41, 5.74) is 4.45. The lowest BCUT2D eigenvalue weighted by atomic mass is 9.87. The van der Waals surface area contributed by atoms with Crippen LogP contribution in [0, 0.1) is 5.41 Å². The van der Waals surface area contributed by atoms with Crippen LogP contribution in [0.4, 0.5) is 5.82 Å². The Morgan fingerprint density at radius 1 is 1.07 bits per heavy atom. The fourth-order valence-corrected chi connectivity index (χ4v) is 8.24. The number of imidazole rings is 1. The van der Waals surface area contributed by atoms with Gasteiger partial charge in [-0.05, 0) is 12.5 Å². The highest BCUT2D eigenvalue weighted by molar-refractivity contribution is 8.14. The summed E-state index contributed by atoms with van der Waals surface area (Å²) in [5, 5.41) is 34.5. The molecule has 11 N–H and O–H groups in total. The Morgan fingerprint density at radius 2 is 1.74 bits per heavy atom. The van der Waals surface area contributed by atoms with Gasteiger partial charge in [0.05, 0.1) is 26.0 Å². The number of carbonyl (C=O) groups excluding carboxylic acids is 3. The third-order valence-corrected chi connectivity index (χ3v) is 11.7. The van der Waals surface area contributed by atoms with E-state index in [-0.39, 0.29) is 59.4 Å². The molecule has 3 heterocycles. The molecule has 0 saturated carbocycles. The molecular weight excluding hydrogens is 851 g/mol. The number of fused-ring (bicyclic) bond motifs is 1. The number of aliphatic hydroxyl groups is 2. The van der Waals surface area contributed by atoms with Crippen molar-refractivity contribution in [3.63, 3.8) is 0 Å². The first-order chi connectivity index (χ1) is 26.3. The van der Waals surface area contributed by atoms with Crippen LogP contribution in [-0.4, -0.2) is 134 Å². The smallest absolute Gasteiger partial charge is 0.481 e. The Hall–Kier alpha value is -3.23. The molecule has 26 nitrogen and oxygen atoms in total. The molecule has 1 saturated heterocycles. The van der Waals surface area contributed by atoms with E-state index in [1.165, 1.54) is 26.8 Å². The van der Waals surface area contributed by atoms with Crippen LogP contribution < -0.4 is 16.4 Å². The standard InChI is InChI=1S/C27H42N7O19P3S/c1-14(4-5-17(36)37)26(41)57-9-8-29-16(35)6-7-30-24(40)21(39)27(2,3)11-50-56(47,48)53-55(45,46)49-10-15-20(52-54(42,43)44)19(38)25(51-15)34-13-33-18-22(28)31-12-32-23(18)34/h4,12-13,15,19-21,25,38-39H,5-11H2,1-3H3,(H,29,35)(H,30,40)(H,36,37)(H,45,46)(H,47,48)(H2,28,31,32)(H2,42,43,44)/t15-,19-,20-,21+,25-/m1/s1. The van der Waals surface area contributed by atoms with Crippen LogP contribution in [0.25, 0.3) is 11.2 Å². The molecule has 0 aliphatic carbocycles. The van der Waals surface area contributed by atoms with Crippen molar-refractivity contribution in [2.75, 3.05) is 37.8 Å². The van der Waals surface area contributed by atoms with Crippen molar-refractivity contribution in [2.24, 2.45) is 5.41 Å². The number of hydrogen-bond acceptors (Lipinski definition) is 19. The molecule has 2 aromatic rings. The maximum absolute atomic E-state index is 12.7. The number of nitrogen functional groups attached to an aromatic ring is 1. The highest BCUT2D eigenvalue weighted by Crippen LogP contribution is 2.61. The number of thioether (sulfide) groups is 1. The van der Waals surface area contributed by atoms with Crippen molar-refractivity contribution < 1.29 is 90.4 Å². The number of nitrogens with one attached hydrogen (secondary N) is 2. The monoisotopic (exact) mass is 893 g/mol. The summed E-state index contributed by atoms with van der Waals surface area (Å²) < 4.78 is 62.0. The molecule has 3 rings (SSSR count). The number of anilines is 1. The van der Waals surface area contributed by atoms with E-state index in [9.17, 15) is 62.7 Å². The van der Waals surface area contributed by atoms with E-state index >= 15 is 0 Å². The SMILES string of the molecule is CC(=CCC(=O)O)C(=O)SCCNC(=O)CCNC(=O)[C@H](O)C(C)(C)COP(=O)(O)OP(=O)(O)OC[C@H]1O[C@@H](n2cnc3c(N)ncnc32)[C@H](O)[C@@H]1OP(=O)(O)O. The molecule has 7 atom stereocenters. The molecule has 320 valence electrons. The number of amides is 2. The van der Waals surface area contributed by atoms with Crippen LogP contribution in [0.3, 0.4) is 0 Å². The van der Waals surface area contributed by atoms with Crippen molar-refractivity contribution in [1.29, 1.82) is 0 Å². The second kappa shape index (κ2) is 20.2. The number of hydrogen-bond donors (Lipinski definition) is 10. The summed E-state index contributed by atoms with van der Waals surface area (Å²) in [7, 11) is -16.4. The number of nitrogens with zero attached hydrogens (tertiary/aromatic N) is 4. The number of aliphatic hydroxyl groups excluding tert-OH is 2. The second-order valence-electron chi connectivity index (χ2n) is 12.7. The molecule has 1 fully saturated rings. The number of ether oxygens (including phenoxy) is 1. The normalized spacial score (nSPS) is 21.7. The van der Waals surface area contributed by atoms with Crippen molar-refractivity contribution >= 4 is 75.1 Å². The van der Waals surface area contributed by atoms with Crippen molar-refractivity contribution in [3.05, 3.63) is 24.3 Å². The maximum atomic E-state index is 12.7. The van der Waals surface area contributed by atoms with E-state index in [1.807, 2.05) is 0 Å². The van der Waals surface area contributed by atoms with Gasteiger partial charge in [-0.2, -0.15) is 4.31 Å². The molecule has 2 amide bonds. The topological polar surface area (TPSA) is 401 Å². The van der Waals surface area contributed by atoms with Crippen LogP contribution in [0.5, 0.6) is 0 Å². The molecule has 30 heteroatoms. The summed E-state index contributed by atoms with van der Waals surface area (Å²) >= 11 is 0.869. The largest absolute Gasteiger partial charge is 0.481 e. The van der Waals surface area contributed by atoms with Crippen molar-refractivity contribution in [1.82, 2.24) is 30.2 Å². The lowest BCUT2D eigenvalue weighted by molar-refractivity contribution is -0.137. The lowest BCUT2D eigenvalue weighted by Crippen LogP contribution is -2.46. The zero-order valence-corrected chi connectivity index (χ0v) is 33.7. The van der Waals surface area contributed by atoms with Crippen molar-refractivity contribution in [2.45, 2.75) is 64.3 Å². The molecule has 57 heavy (non-hydrogen) atoms. The number of phosphoric acid groups is 3. The quantitative estimate of drug-likeness (QED) is 0.0388. The minimum atomic E-state index is -5.59. The van der Waals surface area contributed by atoms with Crippen LogP contribution in [0.2, 0.25) is 0 Å². The Morgan fingerprint density at radius 3 is 2.39 bits per heavy atom. The van der Waals surface area contributed by atoms with Gasteiger partial charge in [-0.1, -0.05) is 31.7 Å². The maximum Gasteiger partial charge on any atom is 0.481 e. The fraction of sp³-hybridized carbons (Fsp3) is 0.593. The Labute approximate surface area is 327 Å². The first kappa shape index (κ1) is 48.1. The molecule has 0 spiro atoms. The van der Waals surface area contributed by atoms with Gasteiger partial charge < -0.3 is 56.0 Å². The molecule has 0 aromatic carbocycles. The van der Waals surface area contributed by atoms with Gasteiger partial charge in [0, 0.05) is 30.7 Å². The second-order valence-corrected chi connectivity index (χ2v) is 18.0. The van der Waals surface area contributed by atoms with E-state index in [1.54, 1.807) is 0 Å². The number of nitrogens with two attached hydrogens (primary N) is 1. The summed E-state index contributed by atoms with van der Waals surface area (Å²) in [6.07, 6.45) is -6.13. The number of carbonyl (C=O) groups is 4. The van der Waals surface area contributed by atoms with E-state index in [2.05, 4.69) is 34.4 Å². The first-order valence-electron chi connectivity index (χ1n) is 16.3. The lowest BCUT2D eigenvalue weighted by Gasteiger charge is -2.30. The average Bonchev–Trinajstić information content (AvgIpc) is 3.66. The van der Waals surface area contributed by atoms with E-state index in [0.29, 0.717) is 0 Å². The van der Waals surface area contributed by atoms with Crippen LogP contribution >= 0.6 is 35.2 Å². The minimum absolute atomic E-state index is 0.0193. The van der Waals surface area contributed by atoms with Gasteiger partial charge in [0.25, 0.3) is 0 Å². The minimum Gasteiger partial charge on any atom is -0.481 e. The van der Waals surface area contributed by atoms with Crippen LogP contribution in [0.15, 0.2) is 24.3 Å². The Balaban J connectivity index is 1.48. The number of rotatable bonds is 22. The predicted molar refractivity (Wildman–Crippen MR) is 193 cm³/mol. The van der Waals surface area contributed by atoms with E-state index < -0.39 is 90.5 Å². The molecule has 1 aliphatic heterocycles. The summed E-state index contributed by atoms with van der Waals surface area (Å²) in [6.45, 7) is 1.68. The highest BCUT2D eigenvalue weighted by atomic mass is 32.2. The third kappa shape index (κ3) is 14.8. The molecule has 1 aliphatic rings. The van der Waals surface area contributed by atoms with Gasteiger partial charge in [0.1, 0.15) is 36.3 Å². The fourth-order valence-electron chi connectivity index (χ4n) is 4.71. The van der Waals surface area contributed by atoms with Gasteiger partial charge in [0.2, 0.25) is 16.9 Å². The van der Waals surface area contributed by atoms with Gasteiger partial charge in [0.15, 0.2) is 17.7 Å². The van der Waals surface area contributed by atoms with Gasteiger partial charge in [-0.25, -0.2) is 28.6 Å². The number of aliphatic carboxylic acids is 1. The zero-order valence-electron chi connectivity index (χ0n) is 30.2. The van der Waals surface area contributed by atoms with Gasteiger partial charge >= 0.3 is 29.4 Å². The molecule has 2 aromatic heterocycles. The number of aromatic nitrogens is 4. The molecular formula is C27H42N7O19P3S. The molecule has 0 radical (unpaired) electrons. The number of carboxylic acid groups (broad SMARTS) is 1. The summed E-state index contributed by atoms with van der Waals surface area (Å²) in [6, 6.07) is 0. The number of phosphoric ester groups is 3. The Kier molecular flexibility index (Phi) is 17.0. The molecule has 2 unspecified atom stereocenters. The third-order valence-electron chi connectivity index (χ3n) is 7.64. The van der Waals surface area contributed by atoms with Crippen molar-refractivity contribution in [3.8, 4) is 0 Å². The highest BCUT2D eigenvalue weighted by Gasteiger charge is 2.50. The Bertz CT molecular complexity index is 1960. The predicted octanol–water partition coefficient (Wildman–Crippen LogP) is -0.914. The zero-order chi connectivity index (χ0) is 42.9. The first-order valence-corrected chi connectivity index (χ1v) is 21.8. The molecule has 0 bridgehead atoms. The van der Waals surface area contributed by atoms with Gasteiger partial charge in [-0.15, -0.1) is 0 Å². The van der Waals surface area contributed by atoms with Gasteiger partial charge in [-0.3, -0.25) is 37.3 Å².